The van der Waals surface area contributed by atoms with Crippen LogP contribution in [0.2, 0.25) is 10.0 Å². The lowest BCUT2D eigenvalue weighted by Crippen LogP contribution is -2.46. The quantitative estimate of drug-likeness (QED) is 0.367. The summed E-state index contributed by atoms with van der Waals surface area (Å²) in [4.78, 5) is 22.9. The van der Waals surface area contributed by atoms with Gasteiger partial charge in [-0.15, -0.1) is 0 Å². The molecule has 0 bridgehead atoms. The smallest absolute Gasteiger partial charge is 0.229 e. The zero-order valence-corrected chi connectivity index (χ0v) is 19.0. The Labute approximate surface area is 200 Å². The van der Waals surface area contributed by atoms with Gasteiger partial charge in [0.25, 0.3) is 0 Å². The number of nitrogens with two attached hydrogens (primary N) is 1. The molecule has 1 amide bonds. The number of H-pyrrole nitrogens is 1. The minimum atomic E-state index is 0.0451. The topological polar surface area (TPSA) is 113 Å². The van der Waals surface area contributed by atoms with Crippen molar-refractivity contribution in [2.24, 2.45) is 5.73 Å². The van der Waals surface area contributed by atoms with E-state index in [1.54, 1.807) is 18.2 Å². The van der Waals surface area contributed by atoms with Crippen LogP contribution in [0.15, 0.2) is 48.5 Å². The zero-order chi connectivity index (χ0) is 22.9. The molecule has 4 aromatic rings. The Balaban J connectivity index is 1.56. The summed E-state index contributed by atoms with van der Waals surface area (Å²) in [6.45, 7) is 1.37. The van der Waals surface area contributed by atoms with Crippen molar-refractivity contribution in [2.75, 3.05) is 23.3 Å². The van der Waals surface area contributed by atoms with E-state index in [1.165, 1.54) is 5.56 Å². The molecule has 0 saturated carbocycles. The van der Waals surface area contributed by atoms with Crippen LogP contribution >= 0.6 is 23.2 Å². The number of aromatic amines is 1. The molecule has 0 spiro atoms. The number of rotatable bonds is 5. The van der Waals surface area contributed by atoms with E-state index in [9.17, 15) is 4.79 Å². The highest BCUT2D eigenvalue weighted by atomic mass is 35.5. The van der Waals surface area contributed by atoms with Crippen LogP contribution in [-0.2, 0) is 4.79 Å². The van der Waals surface area contributed by atoms with Gasteiger partial charge in [-0.05, 0) is 18.1 Å². The SMILES string of the molecule is NC1CCN(c2nc(NC=O)c3c(-c4cccc(Cl)c4Cl)n[nH]c3n2)CC1c1ccccc1. The third-order valence-electron chi connectivity index (χ3n) is 5.99. The summed E-state index contributed by atoms with van der Waals surface area (Å²) in [5.74, 6) is 0.979. The van der Waals surface area contributed by atoms with Crippen molar-refractivity contribution >= 4 is 52.4 Å². The second-order valence-electron chi connectivity index (χ2n) is 7.95. The molecule has 33 heavy (non-hydrogen) atoms. The van der Waals surface area contributed by atoms with Crippen LogP contribution in [0.25, 0.3) is 22.3 Å². The molecule has 2 unspecified atom stereocenters. The number of hydrogen-bond donors (Lipinski definition) is 3. The Morgan fingerprint density at radius 3 is 2.73 bits per heavy atom. The largest absolute Gasteiger partial charge is 0.340 e. The van der Waals surface area contributed by atoms with Gasteiger partial charge in [0.15, 0.2) is 5.65 Å². The maximum absolute atomic E-state index is 11.4. The normalized spacial score (nSPS) is 18.5. The van der Waals surface area contributed by atoms with Gasteiger partial charge < -0.3 is 16.0 Å². The lowest BCUT2D eigenvalue weighted by molar-refractivity contribution is -0.105. The van der Waals surface area contributed by atoms with E-state index in [-0.39, 0.29) is 12.0 Å². The summed E-state index contributed by atoms with van der Waals surface area (Å²) >= 11 is 12.6. The zero-order valence-electron chi connectivity index (χ0n) is 17.5. The van der Waals surface area contributed by atoms with Crippen molar-refractivity contribution in [3.63, 3.8) is 0 Å². The summed E-state index contributed by atoms with van der Waals surface area (Å²) < 4.78 is 0. The molecular formula is C23H21Cl2N7O. The Morgan fingerprint density at radius 2 is 1.94 bits per heavy atom. The average Bonchev–Trinajstić information content (AvgIpc) is 3.26. The van der Waals surface area contributed by atoms with Gasteiger partial charge >= 0.3 is 0 Å². The van der Waals surface area contributed by atoms with E-state index >= 15 is 0 Å². The van der Waals surface area contributed by atoms with E-state index in [1.807, 2.05) is 18.2 Å². The molecule has 5 rings (SSSR count). The van der Waals surface area contributed by atoms with E-state index in [4.69, 9.17) is 33.9 Å². The number of anilines is 2. The number of hydrogen-bond acceptors (Lipinski definition) is 6. The molecule has 1 fully saturated rings. The number of carbonyl (C=O) groups excluding carboxylic acids is 1. The number of nitrogens with zero attached hydrogens (tertiary/aromatic N) is 4. The van der Waals surface area contributed by atoms with Crippen LogP contribution in [0, 0.1) is 0 Å². The fourth-order valence-corrected chi connectivity index (χ4v) is 4.70. The predicted octanol–water partition coefficient (Wildman–Crippen LogP) is 4.22. The molecule has 8 nitrogen and oxygen atoms in total. The van der Waals surface area contributed by atoms with Crippen LogP contribution in [0.3, 0.4) is 0 Å². The van der Waals surface area contributed by atoms with Crippen LogP contribution in [0.4, 0.5) is 11.8 Å². The van der Waals surface area contributed by atoms with Gasteiger partial charge in [0.1, 0.15) is 11.5 Å². The van der Waals surface area contributed by atoms with Gasteiger partial charge in [-0.2, -0.15) is 15.1 Å². The summed E-state index contributed by atoms with van der Waals surface area (Å²) in [5, 5.41) is 11.4. The van der Waals surface area contributed by atoms with Crippen LogP contribution in [-0.4, -0.2) is 45.7 Å². The van der Waals surface area contributed by atoms with Crippen molar-refractivity contribution in [2.45, 2.75) is 18.4 Å². The molecule has 168 valence electrons. The molecule has 3 heterocycles. The molecule has 2 aromatic carbocycles. The number of nitrogens with one attached hydrogen (secondary N) is 2. The molecule has 2 atom stereocenters. The molecule has 4 N–H and O–H groups in total. The van der Waals surface area contributed by atoms with Gasteiger partial charge in [0, 0.05) is 30.6 Å². The molecule has 2 aromatic heterocycles. The van der Waals surface area contributed by atoms with E-state index in [0.29, 0.717) is 63.6 Å². The van der Waals surface area contributed by atoms with E-state index in [0.717, 1.165) is 6.42 Å². The minimum absolute atomic E-state index is 0.0451. The van der Waals surface area contributed by atoms with Gasteiger partial charge in [0.05, 0.1) is 15.4 Å². The second-order valence-corrected chi connectivity index (χ2v) is 8.73. The first kappa shape index (κ1) is 21.6. The average molecular weight is 482 g/mol. The minimum Gasteiger partial charge on any atom is -0.340 e. The highest BCUT2D eigenvalue weighted by Gasteiger charge is 2.30. The summed E-state index contributed by atoms with van der Waals surface area (Å²) in [6.07, 6.45) is 1.38. The Bertz CT molecular complexity index is 1310. The summed E-state index contributed by atoms with van der Waals surface area (Å²) in [7, 11) is 0. The predicted molar refractivity (Wildman–Crippen MR) is 131 cm³/mol. The fraction of sp³-hybridized carbons (Fsp3) is 0.217. The number of halogens is 2. The van der Waals surface area contributed by atoms with Crippen molar-refractivity contribution in [3.05, 3.63) is 64.1 Å². The molecule has 1 aliphatic rings. The van der Waals surface area contributed by atoms with Crippen LogP contribution in [0.1, 0.15) is 17.9 Å². The highest BCUT2D eigenvalue weighted by Crippen LogP contribution is 2.38. The monoisotopic (exact) mass is 481 g/mol. The molecule has 1 aliphatic heterocycles. The number of amides is 1. The number of fused-ring (bicyclic) bond motifs is 1. The maximum Gasteiger partial charge on any atom is 0.229 e. The Morgan fingerprint density at radius 1 is 1.12 bits per heavy atom. The molecular weight excluding hydrogens is 461 g/mol. The Kier molecular flexibility index (Phi) is 5.88. The highest BCUT2D eigenvalue weighted by molar-refractivity contribution is 6.43. The molecule has 1 saturated heterocycles. The first-order valence-corrected chi connectivity index (χ1v) is 11.3. The third-order valence-corrected chi connectivity index (χ3v) is 6.81. The first-order valence-electron chi connectivity index (χ1n) is 10.5. The number of benzene rings is 2. The number of carbonyl (C=O) groups is 1. The maximum atomic E-state index is 11.4. The van der Waals surface area contributed by atoms with Crippen molar-refractivity contribution < 1.29 is 4.79 Å². The molecule has 0 radical (unpaired) electrons. The molecule has 0 aliphatic carbocycles. The molecule has 10 heteroatoms. The van der Waals surface area contributed by atoms with E-state index < -0.39 is 0 Å². The van der Waals surface area contributed by atoms with Crippen molar-refractivity contribution in [1.29, 1.82) is 0 Å². The van der Waals surface area contributed by atoms with Gasteiger partial charge in [-0.1, -0.05) is 65.7 Å². The lowest BCUT2D eigenvalue weighted by Gasteiger charge is -2.37. The third kappa shape index (κ3) is 4.01. The van der Waals surface area contributed by atoms with Crippen molar-refractivity contribution in [3.8, 4) is 11.3 Å². The van der Waals surface area contributed by atoms with Gasteiger partial charge in [0.2, 0.25) is 12.4 Å². The van der Waals surface area contributed by atoms with Crippen LogP contribution in [0.5, 0.6) is 0 Å². The summed E-state index contributed by atoms with van der Waals surface area (Å²) in [5.41, 5.74) is 9.25. The number of piperidine rings is 1. The standard InChI is InChI=1S/C23H21Cl2N7O/c24-16-8-4-7-14(19(16)25)20-18-21(27-12-33)28-23(29-22(18)31-30-20)32-10-9-17(26)15(11-32)13-5-2-1-3-6-13/h1-8,12,15,17H,9-11,26H2,(H2,27,28,29,30,31,33). The van der Waals surface area contributed by atoms with Gasteiger partial charge in [-0.3, -0.25) is 9.89 Å². The van der Waals surface area contributed by atoms with Crippen LogP contribution < -0.4 is 16.0 Å². The number of aromatic nitrogens is 4. The first-order chi connectivity index (χ1) is 16.1. The lowest BCUT2D eigenvalue weighted by atomic mass is 9.87. The van der Waals surface area contributed by atoms with Crippen molar-refractivity contribution in [1.82, 2.24) is 20.2 Å². The van der Waals surface area contributed by atoms with E-state index in [2.05, 4.69) is 37.5 Å². The van der Waals surface area contributed by atoms with Gasteiger partial charge in [-0.25, -0.2) is 0 Å². The fourth-order valence-electron chi connectivity index (χ4n) is 4.31. The Hall–Kier alpha value is -3.20. The second kappa shape index (κ2) is 8.97. The summed E-state index contributed by atoms with van der Waals surface area (Å²) in [6, 6.07) is 15.5.